The lowest BCUT2D eigenvalue weighted by Crippen LogP contribution is -2.35. The molecule has 1 aliphatic rings. The van der Waals surface area contributed by atoms with E-state index >= 15 is 0 Å². The lowest BCUT2D eigenvalue weighted by atomic mass is 10.0. The van der Waals surface area contributed by atoms with Crippen LogP contribution in [0, 0.1) is 12.7 Å². The van der Waals surface area contributed by atoms with E-state index in [4.69, 9.17) is 15.2 Å². The highest BCUT2D eigenvalue weighted by Crippen LogP contribution is 2.30. The molecule has 0 bridgehead atoms. The first kappa shape index (κ1) is 27.0. The molecule has 206 valence electrons. The van der Waals surface area contributed by atoms with Crippen LogP contribution in [0.5, 0.6) is 17.2 Å². The number of hydrogen-bond donors (Lipinski definition) is 2. The zero-order valence-electron chi connectivity index (χ0n) is 22.4. The maximum Gasteiger partial charge on any atom is 0.141 e. The highest BCUT2D eigenvalue weighted by molar-refractivity contribution is 5.60. The number of nitrogen functional groups attached to an aromatic ring is 1. The molecule has 9 nitrogen and oxygen atoms in total. The highest BCUT2D eigenvalue weighted by atomic mass is 19.1. The Kier molecular flexibility index (Phi) is 8.46. The van der Waals surface area contributed by atoms with Crippen LogP contribution in [0.2, 0.25) is 0 Å². The van der Waals surface area contributed by atoms with Gasteiger partial charge in [-0.15, -0.1) is 0 Å². The van der Waals surface area contributed by atoms with Crippen molar-refractivity contribution in [3.05, 3.63) is 102 Å². The van der Waals surface area contributed by atoms with Gasteiger partial charge in [-0.05, 0) is 50.2 Å². The number of halogens is 1. The summed E-state index contributed by atoms with van der Waals surface area (Å²) in [4.78, 5) is 19.1. The minimum Gasteiger partial charge on any atom is -0.489 e. The lowest BCUT2D eigenvalue weighted by molar-refractivity contribution is 0.301. The smallest absolute Gasteiger partial charge is 0.141 e. The molecule has 0 radical (unpaired) electrons. The van der Waals surface area contributed by atoms with Crippen LogP contribution in [0.3, 0.4) is 0 Å². The Bertz CT molecular complexity index is 1440. The molecule has 0 aliphatic carbocycles. The number of nitrogens with two attached hydrogens (primary N) is 1. The third-order valence-electron chi connectivity index (χ3n) is 6.65. The van der Waals surface area contributed by atoms with Gasteiger partial charge < -0.3 is 25.4 Å². The summed E-state index contributed by atoms with van der Waals surface area (Å²) in [6.45, 7) is 7.80. The molecular weight excluding hydrogens is 509 g/mol. The summed E-state index contributed by atoms with van der Waals surface area (Å²) in [5.41, 5.74) is 8.91. The van der Waals surface area contributed by atoms with Gasteiger partial charge in [-0.25, -0.2) is 24.3 Å². The number of ether oxygens (including phenoxy) is 2. The Hall–Kier alpha value is -4.57. The minimum absolute atomic E-state index is 0.215. The molecule has 40 heavy (non-hydrogen) atoms. The molecule has 3 heterocycles. The Morgan fingerprint density at radius 1 is 1.05 bits per heavy atom. The maximum atomic E-state index is 14.3. The van der Waals surface area contributed by atoms with Crippen molar-refractivity contribution in [2.45, 2.75) is 38.8 Å². The molecule has 1 aliphatic heterocycles. The second-order valence-corrected chi connectivity index (χ2v) is 9.66. The van der Waals surface area contributed by atoms with E-state index < -0.39 is 5.82 Å². The van der Waals surface area contributed by atoms with Gasteiger partial charge in [0.1, 0.15) is 53.5 Å². The van der Waals surface area contributed by atoms with Gasteiger partial charge in [0.15, 0.2) is 0 Å². The largest absolute Gasteiger partial charge is 0.489 e. The fourth-order valence-corrected chi connectivity index (χ4v) is 4.59. The first-order valence-electron chi connectivity index (χ1n) is 13.2. The molecule has 10 heteroatoms. The monoisotopic (exact) mass is 541 g/mol. The van der Waals surface area contributed by atoms with Crippen LogP contribution < -0.4 is 25.4 Å². The molecule has 1 saturated heterocycles. The van der Waals surface area contributed by atoms with E-state index in [-0.39, 0.29) is 6.61 Å². The van der Waals surface area contributed by atoms with Crippen molar-refractivity contribution >= 4 is 11.6 Å². The second kappa shape index (κ2) is 12.5. The SMILES string of the molecule is C=CN(CC1CCCN1)c1ncnc(N)c1Cc1ccc(Oc2cc(F)cc(OCc3cnc(C)nc3)c2)cc1. The number of anilines is 2. The van der Waals surface area contributed by atoms with E-state index in [1.54, 1.807) is 24.7 Å². The molecule has 4 aromatic rings. The van der Waals surface area contributed by atoms with Gasteiger partial charge in [-0.2, -0.15) is 0 Å². The molecule has 3 N–H and O–H groups in total. The Morgan fingerprint density at radius 2 is 1.82 bits per heavy atom. The first-order valence-corrected chi connectivity index (χ1v) is 13.2. The Morgan fingerprint density at radius 3 is 2.55 bits per heavy atom. The summed E-state index contributed by atoms with van der Waals surface area (Å²) in [5, 5.41) is 3.51. The van der Waals surface area contributed by atoms with E-state index in [9.17, 15) is 4.39 Å². The van der Waals surface area contributed by atoms with E-state index in [0.717, 1.165) is 48.4 Å². The number of nitrogens with one attached hydrogen (secondary N) is 1. The predicted octanol–water partition coefficient (Wildman–Crippen LogP) is 4.96. The van der Waals surface area contributed by atoms with Crippen LogP contribution in [0.1, 0.15) is 35.4 Å². The number of nitrogens with zero attached hydrogens (tertiary/aromatic N) is 5. The standard InChI is InChI=1S/C30H32FN7O2/c1-3-38(17-24-5-4-10-33-24)30-28(29(32)36-19-37-30)11-21-6-8-25(9-7-21)40-27-13-23(31)12-26(14-27)39-18-22-15-34-20(2)35-16-22/h3,6-9,12-16,19,24,33H,1,4-5,10-11,17-18H2,2H3,(H2,32,36,37). The van der Waals surface area contributed by atoms with Crippen molar-refractivity contribution in [3.8, 4) is 17.2 Å². The summed E-state index contributed by atoms with van der Waals surface area (Å²) in [7, 11) is 0. The zero-order valence-corrected chi connectivity index (χ0v) is 22.4. The minimum atomic E-state index is -0.462. The van der Waals surface area contributed by atoms with Crippen LogP contribution in [0.4, 0.5) is 16.0 Å². The zero-order chi connectivity index (χ0) is 27.9. The van der Waals surface area contributed by atoms with E-state index in [1.165, 1.54) is 18.5 Å². The quantitative estimate of drug-likeness (QED) is 0.272. The van der Waals surface area contributed by atoms with Crippen molar-refractivity contribution in [1.82, 2.24) is 25.3 Å². The van der Waals surface area contributed by atoms with Crippen molar-refractivity contribution < 1.29 is 13.9 Å². The first-order chi connectivity index (χ1) is 19.5. The summed E-state index contributed by atoms with van der Waals surface area (Å²) in [6.07, 6.45) is 9.44. The van der Waals surface area contributed by atoms with Crippen molar-refractivity contribution in [2.24, 2.45) is 0 Å². The maximum absolute atomic E-state index is 14.3. The van der Waals surface area contributed by atoms with Crippen molar-refractivity contribution in [1.29, 1.82) is 0 Å². The molecule has 0 amide bonds. The number of aryl methyl sites for hydroxylation is 1. The normalized spacial score (nSPS) is 14.6. The van der Waals surface area contributed by atoms with Crippen molar-refractivity contribution in [3.63, 3.8) is 0 Å². The summed E-state index contributed by atoms with van der Waals surface area (Å²) >= 11 is 0. The molecule has 5 rings (SSSR count). The van der Waals surface area contributed by atoms with Gasteiger partial charge in [0, 0.05) is 60.7 Å². The third kappa shape index (κ3) is 6.89. The van der Waals surface area contributed by atoms with E-state index in [1.807, 2.05) is 36.1 Å². The fourth-order valence-electron chi connectivity index (χ4n) is 4.59. The molecule has 0 spiro atoms. The Balaban J connectivity index is 1.26. The predicted molar refractivity (Wildman–Crippen MR) is 152 cm³/mol. The van der Waals surface area contributed by atoms with Gasteiger partial charge in [0.05, 0.1) is 0 Å². The van der Waals surface area contributed by atoms with Gasteiger partial charge in [-0.1, -0.05) is 18.7 Å². The van der Waals surface area contributed by atoms with Crippen LogP contribution in [-0.4, -0.2) is 39.1 Å². The molecular formula is C30H32FN7O2. The van der Waals surface area contributed by atoms with Gasteiger partial charge in [-0.3, -0.25) is 0 Å². The summed E-state index contributed by atoms with van der Waals surface area (Å²) in [5.74, 6) is 2.63. The summed E-state index contributed by atoms with van der Waals surface area (Å²) < 4.78 is 25.9. The molecule has 1 atom stereocenters. The average Bonchev–Trinajstić information content (AvgIpc) is 3.47. The third-order valence-corrected chi connectivity index (χ3v) is 6.65. The fraction of sp³-hybridized carbons (Fsp3) is 0.267. The van der Waals surface area contributed by atoms with Gasteiger partial charge in [0.25, 0.3) is 0 Å². The molecule has 2 aromatic heterocycles. The van der Waals surface area contributed by atoms with E-state index in [0.29, 0.717) is 41.4 Å². The Labute approximate surface area is 232 Å². The lowest BCUT2D eigenvalue weighted by Gasteiger charge is -2.25. The number of aromatic nitrogens is 4. The highest BCUT2D eigenvalue weighted by Gasteiger charge is 2.21. The van der Waals surface area contributed by atoms with Gasteiger partial charge in [0.2, 0.25) is 0 Å². The molecule has 0 saturated carbocycles. The molecule has 2 aromatic carbocycles. The average molecular weight is 542 g/mol. The van der Waals surface area contributed by atoms with Crippen molar-refractivity contribution in [2.75, 3.05) is 23.7 Å². The topological polar surface area (TPSA) is 111 Å². The second-order valence-electron chi connectivity index (χ2n) is 9.66. The van der Waals surface area contributed by atoms with Crippen LogP contribution >= 0.6 is 0 Å². The van der Waals surface area contributed by atoms with Crippen LogP contribution in [0.25, 0.3) is 0 Å². The van der Waals surface area contributed by atoms with Gasteiger partial charge >= 0.3 is 0 Å². The number of rotatable bonds is 11. The van der Waals surface area contributed by atoms with Crippen LogP contribution in [0.15, 0.2) is 74.0 Å². The summed E-state index contributed by atoms with van der Waals surface area (Å²) in [6, 6.07) is 12.2. The molecule has 1 fully saturated rings. The van der Waals surface area contributed by atoms with Crippen LogP contribution in [-0.2, 0) is 13.0 Å². The van der Waals surface area contributed by atoms with E-state index in [2.05, 4.69) is 31.8 Å². The number of hydrogen-bond acceptors (Lipinski definition) is 9. The number of benzene rings is 2. The molecule has 1 unspecified atom stereocenters.